The summed E-state index contributed by atoms with van der Waals surface area (Å²) in [6, 6.07) is 10.1. The molecule has 82 valence electrons. The summed E-state index contributed by atoms with van der Waals surface area (Å²) in [5.41, 5.74) is 6.98. The minimum atomic E-state index is -0.559. The van der Waals surface area contributed by atoms with Crippen LogP contribution in [0.15, 0.2) is 30.3 Å². The minimum Gasteiger partial charge on any atom is -0.347 e. The fourth-order valence-corrected chi connectivity index (χ4v) is 2.07. The standard InChI is InChI=1S/C12H17NO2/c1-12(14-7-8-15-12)11(9-13)10-5-3-2-4-6-10/h2-6,11H,7-9,13H2,1H3. The molecule has 0 saturated carbocycles. The number of rotatable bonds is 3. The Morgan fingerprint density at radius 1 is 1.27 bits per heavy atom. The molecule has 0 aliphatic carbocycles. The molecule has 1 fully saturated rings. The lowest BCUT2D eigenvalue weighted by Crippen LogP contribution is -2.38. The summed E-state index contributed by atoms with van der Waals surface area (Å²) in [4.78, 5) is 0. The van der Waals surface area contributed by atoms with E-state index < -0.39 is 5.79 Å². The van der Waals surface area contributed by atoms with Gasteiger partial charge in [-0.15, -0.1) is 0 Å². The van der Waals surface area contributed by atoms with E-state index in [9.17, 15) is 0 Å². The Balaban J connectivity index is 2.24. The van der Waals surface area contributed by atoms with Crippen LogP contribution in [0, 0.1) is 0 Å². The predicted octanol–water partition coefficient (Wildman–Crippen LogP) is 1.49. The van der Waals surface area contributed by atoms with Crippen molar-refractivity contribution in [3.63, 3.8) is 0 Å². The van der Waals surface area contributed by atoms with Crippen LogP contribution in [0.1, 0.15) is 18.4 Å². The highest BCUT2D eigenvalue weighted by Gasteiger charge is 2.39. The fraction of sp³-hybridized carbons (Fsp3) is 0.500. The van der Waals surface area contributed by atoms with E-state index in [-0.39, 0.29) is 5.92 Å². The molecule has 1 aromatic rings. The van der Waals surface area contributed by atoms with Gasteiger partial charge < -0.3 is 15.2 Å². The average Bonchev–Trinajstić information content (AvgIpc) is 2.68. The smallest absolute Gasteiger partial charge is 0.173 e. The van der Waals surface area contributed by atoms with Crippen molar-refractivity contribution in [2.24, 2.45) is 5.73 Å². The molecule has 2 N–H and O–H groups in total. The maximum atomic E-state index is 5.81. The highest BCUT2D eigenvalue weighted by atomic mass is 16.7. The van der Waals surface area contributed by atoms with Crippen LogP contribution in [0.4, 0.5) is 0 Å². The first-order valence-electron chi connectivity index (χ1n) is 5.29. The van der Waals surface area contributed by atoms with Crippen molar-refractivity contribution < 1.29 is 9.47 Å². The first-order chi connectivity index (χ1) is 7.26. The van der Waals surface area contributed by atoms with Gasteiger partial charge in [0.15, 0.2) is 5.79 Å². The zero-order valence-electron chi connectivity index (χ0n) is 8.98. The maximum absolute atomic E-state index is 5.81. The number of nitrogens with two attached hydrogens (primary N) is 1. The Kier molecular flexibility index (Phi) is 3.05. The Morgan fingerprint density at radius 3 is 2.40 bits per heavy atom. The normalized spacial score (nSPS) is 21.5. The van der Waals surface area contributed by atoms with Gasteiger partial charge in [0.25, 0.3) is 0 Å². The van der Waals surface area contributed by atoms with Gasteiger partial charge in [-0.2, -0.15) is 0 Å². The molecule has 0 radical (unpaired) electrons. The molecule has 1 aliphatic heterocycles. The van der Waals surface area contributed by atoms with Crippen LogP contribution in [-0.2, 0) is 9.47 Å². The van der Waals surface area contributed by atoms with Gasteiger partial charge in [0.1, 0.15) is 0 Å². The zero-order chi connectivity index (χ0) is 10.7. The molecule has 3 nitrogen and oxygen atoms in total. The second-order valence-electron chi connectivity index (χ2n) is 3.91. The van der Waals surface area contributed by atoms with E-state index in [0.717, 1.165) is 0 Å². The minimum absolute atomic E-state index is 0.0983. The Bertz CT molecular complexity index is 307. The Morgan fingerprint density at radius 2 is 1.87 bits per heavy atom. The largest absolute Gasteiger partial charge is 0.347 e. The number of benzene rings is 1. The summed E-state index contributed by atoms with van der Waals surface area (Å²) >= 11 is 0. The van der Waals surface area contributed by atoms with Crippen molar-refractivity contribution in [1.82, 2.24) is 0 Å². The SMILES string of the molecule is CC1(C(CN)c2ccccc2)OCCO1. The summed E-state index contributed by atoms with van der Waals surface area (Å²) in [6.45, 7) is 3.80. The molecule has 1 heterocycles. The second-order valence-corrected chi connectivity index (χ2v) is 3.91. The summed E-state index contributed by atoms with van der Waals surface area (Å²) in [5.74, 6) is -0.461. The summed E-state index contributed by atoms with van der Waals surface area (Å²) in [5, 5.41) is 0. The van der Waals surface area contributed by atoms with E-state index in [4.69, 9.17) is 15.2 Å². The van der Waals surface area contributed by atoms with E-state index in [1.54, 1.807) is 0 Å². The third-order valence-corrected chi connectivity index (χ3v) is 2.93. The van der Waals surface area contributed by atoms with Crippen LogP contribution in [-0.4, -0.2) is 25.5 Å². The van der Waals surface area contributed by atoms with Gasteiger partial charge >= 0.3 is 0 Å². The quantitative estimate of drug-likeness (QED) is 0.816. The molecule has 1 atom stereocenters. The molecule has 0 aromatic heterocycles. The number of ether oxygens (including phenoxy) is 2. The number of hydrogen-bond donors (Lipinski definition) is 1. The summed E-state index contributed by atoms with van der Waals surface area (Å²) < 4.78 is 11.3. The maximum Gasteiger partial charge on any atom is 0.173 e. The van der Waals surface area contributed by atoms with Gasteiger partial charge in [-0.3, -0.25) is 0 Å². The van der Waals surface area contributed by atoms with E-state index in [2.05, 4.69) is 12.1 Å². The first kappa shape index (κ1) is 10.6. The van der Waals surface area contributed by atoms with Gasteiger partial charge in [0.05, 0.1) is 13.2 Å². The molecule has 1 unspecified atom stereocenters. The van der Waals surface area contributed by atoms with Crippen LogP contribution < -0.4 is 5.73 Å². The second kappa shape index (κ2) is 4.31. The molecular formula is C12H17NO2. The van der Waals surface area contributed by atoms with Crippen LogP contribution in [0.25, 0.3) is 0 Å². The average molecular weight is 207 g/mol. The molecule has 0 spiro atoms. The summed E-state index contributed by atoms with van der Waals surface area (Å²) in [7, 11) is 0. The predicted molar refractivity (Wildman–Crippen MR) is 58.5 cm³/mol. The topological polar surface area (TPSA) is 44.5 Å². The van der Waals surface area contributed by atoms with Crippen molar-refractivity contribution in [2.45, 2.75) is 18.6 Å². The molecule has 15 heavy (non-hydrogen) atoms. The van der Waals surface area contributed by atoms with Crippen molar-refractivity contribution in [3.05, 3.63) is 35.9 Å². The van der Waals surface area contributed by atoms with Crippen molar-refractivity contribution in [1.29, 1.82) is 0 Å². The van der Waals surface area contributed by atoms with Gasteiger partial charge in [0, 0.05) is 12.5 Å². The lowest BCUT2D eigenvalue weighted by molar-refractivity contribution is -0.158. The lowest BCUT2D eigenvalue weighted by atomic mass is 9.91. The van der Waals surface area contributed by atoms with Gasteiger partial charge in [-0.25, -0.2) is 0 Å². The molecular weight excluding hydrogens is 190 g/mol. The first-order valence-corrected chi connectivity index (χ1v) is 5.29. The van der Waals surface area contributed by atoms with Crippen LogP contribution in [0.2, 0.25) is 0 Å². The lowest BCUT2D eigenvalue weighted by Gasteiger charge is -2.31. The molecule has 1 aromatic carbocycles. The Labute approximate surface area is 90.2 Å². The highest BCUT2D eigenvalue weighted by molar-refractivity contribution is 5.22. The van der Waals surface area contributed by atoms with Crippen molar-refractivity contribution >= 4 is 0 Å². The summed E-state index contributed by atoms with van der Waals surface area (Å²) in [6.07, 6.45) is 0. The molecule has 0 bridgehead atoms. The van der Waals surface area contributed by atoms with E-state index in [0.29, 0.717) is 19.8 Å². The van der Waals surface area contributed by atoms with Crippen molar-refractivity contribution in [3.8, 4) is 0 Å². The molecule has 1 saturated heterocycles. The third kappa shape index (κ3) is 2.04. The van der Waals surface area contributed by atoms with E-state index >= 15 is 0 Å². The monoisotopic (exact) mass is 207 g/mol. The van der Waals surface area contributed by atoms with Crippen molar-refractivity contribution in [2.75, 3.05) is 19.8 Å². The third-order valence-electron chi connectivity index (χ3n) is 2.93. The van der Waals surface area contributed by atoms with Gasteiger partial charge in [-0.05, 0) is 12.5 Å². The van der Waals surface area contributed by atoms with Crippen LogP contribution in [0.3, 0.4) is 0 Å². The van der Waals surface area contributed by atoms with Crippen LogP contribution >= 0.6 is 0 Å². The Hall–Kier alpha value is -0.900. The van der Waals surface area contributed by atoms with E-state index in [1.807, 2.05) is 25.1 Å². The zero-order valence-corrected chi connectivity index (χ0v) is 8.98. The molecule has 1 aliphatic rings. The van der Waals surface area contributed by atoms with Crippen LogP contribution in [0.5, 0.6) is 0 Å². The fourth-order valence-electron chi connectivity index (χ4n) is 2.07. The number of hydrogen-bond acceptors (Lipinski definition) is 3. The van der Waals surface area contributed by atoms with Gasteiger partial charge in [-0.1, -0.05) is 30.3 Å². The molecule has 0 amide bonds. The molecule has 3 heteroatoms. The van der Waals surface area contributed by atoms with E-state index in [1.165, 1.54) is 5.56 Å². The highest BCUT2D eigenvalue weighted by Crippen LogP contribution is 2.34. The van der Waals surface area contributed by atoms with Gasteiger partial charge in [0.2, 0.25) is 0 Å². The molecule has 2 rings (SSSR count).